The molecule has 0 aromatic heterocycles. The van der Waals surface area contributed by atoms with E-state index in [2.05, 4.69) is 5.32 Å². The van der Waals surface area contributed by atoms with Gasteiger partial charge in [-0.1, -0.05) is 19.1 Å². The summed E-state index contributed by atoms with van der Waals surface area (Å²) in [5.74, 6) is 0.785. The van der Waals surface area contributed by atoms with Crippen molar-refractivity contribution in [3.05, 3.63) is 29.6 Å². The van der Waals surface area contributed by atoms with Crippen LogP contribution >= 0.6 is 11.8 Å². The lowest BCUT2D eigenvalue weighted by Crippen LogP contribution is -2.16. The number of thioether (sulfide) groups is 1. The van der Waals surface area contributed by atoms with Gasteiger partial charge in [0.15, 0.2) is 0 Å². The van der Waals surface area contributed by atoms with Crippen LogP contribution in [0.5, 0.6) is 0 Å². The number of nitrogens with one attached hydrogen (secondary N) is 1. The highest BCUT2D eigenvalue weighted by molar-refractivity contribution is 7.99. The van der Waals surface area contributed by atoms with Gasteiger partial charge < -0.3 is 10.4 Å². The van der Waals surface area contributed by atoms with Gasteiger partial charge in [0.05, 0.1) is 0 Å². The number of hydrogen-bond acceptors (Lipinski definition) is 3. The largest absolute Gasteiger partial charge is 0.396 e. The summed E-state index contributed by atoms with van der Waals surface area (Å²) in [5, 5.41) is 12.4. The van der Waals surface area contributed by atoms with E-state index in [4.69, 9.17) is 5.11 Å². The predicted octanol–water partition coefficient (Wildman–Crippen LogP) is 2.80. The van der Waals surface area contributed by atoms with Gasteiger partial charge in [0.2, 0.25) is 0 Å². The van der Waals surface area contributed by atoms with Crippen LogP contribution in [0.1, 0.15) is 25.3 Å². The van der Waals surface area contributed by atoms with Gasteiger partial charge in [-0.15, -0.1) is 11.8 Å². The first kappa shape index (κ1) is 13.8. The van der Waals surface area contributed by atoms with E-state index < -0.39 is 0 Å². The van der Waals surface area contributed by atoms with Gasteiger partial charge in [-0.3, -0.25) is 0 Å². The van der Waals surface area contributed by atoms with E-state index in [9.17, 15) is 4.39 Å². The van der Waals surface area contributed by atoms with Crippen LogP contribution in [0.25, 0.3) is 0 Å². The van der Waals surface area contributed by atoms with E-state index in [1.807, 2.05) is 13.0 Å². The van der Waals surface area contributed by atoms with Gasteiger partial charge in [-0.05, 0) is 30.4 Å². The van der Waals surface area contributed by atoms with Crippen molar-refractivity contribution >= 4 is 11.8 Å². The molecule has 1 aliphatic rings. The molecule has 1 unspecified atom stereocenters. The van der Waals surface area contributed by atoms with Gasteiger partial charge in [0.25, 0.3) is 0 Å². The Kier molecular flexibility index (Phi) is 5.03. The van der Waals surface area contributed by atoms with Crippen molar-refractivity contribution in [2.24, 2.45) is 5.92 Å². The number of aliphatic hydroxyl groups excluding tert-OH is 1. The average molecular weight is 269 g/mol. The Morgan fingerprint density at radius 3 is 2.94 bits per heavy atom. The summed E-state index contributed by atoms with van der Waals surface area (Å²) < 4.78 is 13.8. The lowest BCUT2D eigenvalue weighted by molar-refractivity contribution is 0.250. The fourth-order valence-electron chi connectivity index (χ4n) is 1.67. The van der Waals surface area contributed by atoms with Gasteiger partial charge in [0, 0.05) is 29.8 Å². The van der Waals surface area contributed by atoms with Crippen LogP contribution in [-0.2, 0) is 6.54 Å². The smallest absolute Gasteiger partial charge is 0.137 e. The topological polar surface area (TPSA) is 32.3 Å². The second kappa shape index (κ2) is 6.55. The van der Waals surface area contributed by atoms with Crippen LogP contribution in [0.2, 0.25) is 0 Å². The Labute approximate surface area is 112 Å². The third kappa shape index (κ3) is 3.97. The summed E-state index contributed by atoms with van der Waals surface area (Å²) in [6, 6.07) is 5.87. The fraction of sp³-hybridized carbons (Fsp3) is 0.571. The van der Waals surface area contributed by atoms with Gasteiger partial charge in [-0.25, -0.2) is 4.39 Å². The first-order valence-electron chi connectivity index (χ1n) is 6.45. The minimum Gasteiger partial charge on any atom is -0.396 e. The number of halogens is 1. The lowest BCUT2D eigenvalue weighted by Gasteiger charge is -2.13. The Morgan fingerprint density at radius 2 is 2.28 bits per heavy atom. The highest BCUT2D eigenvalue weighted by Gasteiger charge is 2.21. The Morgan fingerprint density at radius 1 is 1.50 bits per heavy atom. The molecule has 2 N–H and O–H groups in total. The number of hydrogen-bond donors (Lipinski definition) is 2. The highest BCUT2D eigenvalue weighted by atomic mass is 32.2. The molecule has 2 nitrogen and oxygen atoms in total. The lowest BCUT2D eigenvalue weighted by atomic mass is 10.2. The molecule has 0 aliphatic heterocycles. The van der Waals surface area contributed by atoms with Crippen molar-refractivity contribution in [3.8, 4) is 0 Å². The third-order valence-electron chi connectivity index (χ3n) is 3.03. The predicted molar refractivity (Wildman–Crippen MR) is 73.2 cm³/mol. The number of aliphatic hydroxyl groups is 1. The Hall–Kier alpha value is -0.580. The van der Waals surface area contributed by atoms with Crippen LogP contribution in [0.4, 0.5) is 4.39 Å². The zero-order chi connectivity index (χ0) is 13.0. The van der Waals surface area contributed by atoms with Gasteiger partial charge in [-0.2, -0.15) is 0 Å². The first-order chi connectivity index (χ1) is 8.70. The van der Waals surface area contributed by atoms with E-state index in [0.29, 0.717) is 6.04 Å². The number of rotatable bonds is 7. The molecule has 0 amide bonds. The summed E-state index contributed by atoms with van der Waals surface area (Å²) in [5.41, 5.74) is 1.03. The van der Waals surface area contributed by atoms with Crippen LogP contribution < -0.4 is 5.32 Å². The summed E-state index contributed by atoms with van der Waals surface area (Å²) in [6.07, 6.45) is 2.47. The molecule has 0 radical (unpaired) electrons. The van der Waals surface area contributed by atoms with Crippen molar-refractivity contribution in [3.63, 3.8) is 0 Å². The minimum atomic E-state index is -0.153. The van der Waals surface area contributed by atoms with Crippen LogP contribution in [0.3, 0.4) is 0 Å². The standard InChI is InChI=1S/C14H20FNOS/c1-10(8-17)9-18-14-11(3-2-4-13(14)15)7-16-12-5-6-12/h2-4,10,12,16-17H,5-9H2,1H3. The molecule has 0 bridgehead atoms. The molecule has 1 atom stereocenters. The van der Waals surface area contributed by atoms with Gasteiger partial charge >= 0.3 is 0 Å². The zero-order valence-electron chi connectivity index (χ0n) is 10.7. The summed E-state index contributed by atoms with van der Waals surface area (Å²) in [7, 11) is 0. The molecule has 2 rings (SSSR count). The average Bonchev–Trinajstić information content (AvgIpc) is 3.18. The van der Waals surface area contributed by atoms with E-state index in [0.717, 1.165) is 22.8 Å². The van der Waals surface area contributed by atoms with Crippen molar-refractivity contribution in [2.75, 3.05) is 12.4 Å². The zero-order valence-corrected chi connectivity index (χ0v) is 11.5. The molecule has 1 aromatic carbocycles. The second-order valence-electron chi connectivity index (χ2n) is 4.98. The molecular weight excluding hydrogens is 249 g/mol. The maximum atomic E-state index is 13.8. The van der Waals surface area contributed by atoms with E-state index in [1.165, 1.54) is 30.7 Å². The van der Waals surface area contributed by atoms with E-state index in [-0.39, 0.29) is 18.3 Å². The summed E-state index contributed by atoms with van der Waals surface area (Å²) >= 11 is 1.50. The monoisotopic (exact) mass is 269 g/mol. The van der Waals surface area contributed by atoms with Crippen molar-refractivity contribution < 1.29 is 9.50 Å². The molecule has 1 aromatic rings. The maximum absolute atomic E-state index is 13.8. The van der Waals surface area contributed by atoms with Crippen LogP contribution in [0.15, 0.2) is 23.1 Å². The minimum absolute atomic E-state index is 0.150. The van der Waals surface area contributed by atoms with E-state index >= 15 is 0 Å². The molecule has 4 heteroatoms. The molecule has 1 fully saturated rings. The Balaban J connectivity index is 1.99. The fourth-order valence-corrected chi connectivity index (χ4v) is 2.76. The SMILES string of the molecule is CC(CO)CSc1c(F)cccc1CNC1CC1. The maximum Gasteiger partial charge on any atom is 0.137 e. The second-order valence-corrected chi connectivity index (χ2v) is 6.01. The molecular formula is C14H20FNOS. The van der Waals surface area contributed by atoms with E-state index in [1.54, 1.807) is 6.07 Å². The molecule has 0 spiro atoms. The molecule has 100 valence electrons. The molecule has 0 saturated heterocycles. The highest BCUT2D eigenvalue weighted by Crippen LogP contribution is 2.28. The van der Waals surface area contributed by atoms with Crippen LogP contribution in [-0.4, -0.2) is 23.5 Å². The van der Waals surface area contributed by atoms with Gasteiger partial charge in [0.1, 0.15) is 5.82 Å². The molecule has 18 heavy (non-hydrogen) atoms. The quantitative estimate of drug-likeness (QED) is 0.747. The molecule has 0 heterocycles. The summed E-state index contributed by atoms with van der Waals surface area (Å²) in [6.45, 7) is 2.85. The van der Waals surface area contributed by atoms with Crippen molar-refractivity contribution in [1.82, 2.24) is 5.32 Å². The summed E-state index contributed by atoms with van der Waals surface area (Å²) in [4.78, 5) is 0.728. The third-order valence-corrected chi connectivity index (χ3v) is 4.51. The Bertz CT molecular complexity index is 395. The first-order valence-corrected chi connectivity index (χ1v) is 7.43. The normalized spacial score (nSPS) is 16.8. The van der Waals surface area contributed by atoms with Crippen molar-refractivity contribution in [2.45, 2.75) is 37.2 Å². The van der Waals surface area contributed by atoms with Crippen LogP contribution in [0, 0.1) is 11.7 Å². The number of benzene rings is 1. The van der Waals surface area contributed by atoms with Crippen molar-refractivity contribution in [1.29, 1.82) is 0 Å². The molecule has 1 saturated carbocycles. The molecule has 1 aliphatic carbocycles.